The van der Waals surface area contributed by atoms with Gasteiger partial charge in [0.25, 0.3) is 0 Å². The first-order valence-corrected chi connectivity index (χ1v) is 10.3. The molecule has 0 aliphatic rings. The molecule has 0 unspecified atom stereocenters. The van der Waals surface area contributed by atoms with Crippen molar-refractivity contribution < 1.29 is 13.9 Å². The molecule has 156 valence electrons. The van der Waals surface area contributed by atoms with Crippen LogP contribution in [0.2, 0.25) is 0 Å². The van der Waals surface area contributed by atoms with Crippen molar-refractivity contribution in [2.75, 3.05) is 6.61 Å². The van der Waals surface area contributed by atoms with Crippen LogP contribution in [-0.2, 0) is 0 Å². The van der Waals surface area contributed by atoms with Crippen LogP contribution < -0.4 is 10.2 Å². The normalized spacial score (nSPS) is 11.1. The third-order valence-electron chi connectivity index (χ3n) is 5.29. The Balaban J connectivity index is 1.70. The van der Waals surface area contributed by atoms with E-state index in [9.17, 15) is 9.59 Å². The van der Waals surface area contributed by atoms with Crippen molar-refractivity contribution >= 4 is 16.8 Å². The fourth-order valence-electron chi connectivity index (χ4n) is 3.47. The standard InChI is InChI=1S/C27H24O4/c1-17(2)19-10-12-20(13-11-19)23(28)16-30-27-25(29)22-14-9-18(3)15-24(22)31-26(27)21-7-5-4-6-8-21/h4-15,17H,16H2,1-3H3. The highest BCUT2D eigenvalue weighted by Crippen LogP contribution is 2.31. The van der Waals surface area contributed by atoms with E-state index in [1.807, 2.05) is 61.5 Å². The van der Waals surface area contributed by atoms with Gasteiger partial charge in [0, 0.05) is 11.1 Å². The molecule has 0 aliphatic carbocycles. The van der Waals surface area contributed by atoms with E-state index in [-0.39, 0.29) is 23.6 Å². The number of hydrogen-bond donors (Lipinski definition) is 0. The molecule has 0 bridgehead atoms. The molecule has 4 heteroatoms. The number of ketones is 1. The molecule has 4 rings (SSSR count). The lowest BCUT2D eigenvalue weighted by Gasteiger charge is -2.12. The van der Waals surface area contributed by atoms with E-state index in [1.165, 1.54) is 0 Å². The summed E-state index contributed by atoms with van der Waals surface area (Å²) in [6, 6.07) is 22.2. The Bertz CT molecular complexity index is 1280. The molecule has 0 saturated carbocycles. The molecule has 4 aromatic rings. The number of rotatable bonds is 6. The zero-order valence-corrected chi connectivity index (χ0v) is 17.8. The highest BCUT2D eigenvalue weighted by Gasteiger charge is 2.19. The fraction of sp³-hybridized carbons (Fsp3) is 0.185. The predicted molar refractivity (Wildman–Crippen MR) is 123 cm³/mol. The van der Waals surface area contributed by atoms with Gasteiger partial charge in [0.15, 0.2) is 18.2 Å². The molecule has 0 N–H and O–H groups in total. The first-order chi connectivity index (χ1) is 14.9. The van der Waals surface area contributed by atoms with E-state index < -0.39 is 0 Å². The second kappa shape index (κ2) is 8.60. The highest BCUT2D eigenvalue weighted by molar-refractivity contribution is 5.97. The Morgan fingerprint density at radius 1 is 0.968 bits per heavy atom. The molecule has 0 spiro atoms. The van der Waals surface area contributed by atoms with Crippen LogP contribution in [0.15, 0.2) is 82.0 Å². The van der Waals surface area contributed by atoms with Crippen LogP contribution in [0.4, 0.5) is 0 Å². The number of fused-ring (bicyclic) bond motifs is 1. The van der Waals surface area contributed by atoms with Crippen molar-refractivity contribution in [3.8, 4) is 17.1 Å². The van der Waals surface area contributed by atoms with E-state index in [2.05, 4.69) is 13.8 Å². The number of ether oxygens (including phenoxy) is 1. The van der Waals surface area contributed by atoms with Crippen molar-refractivity contribution in [3.63, 3.8) is 0 Å². The number of aryl methyl sites for hydroxylation is 1. The minimum absolute atomic E-state index is 0.0507. The summed E-state index contributed by atoms with van der Waals surface area (Å²) in [6.45, 7) is 5.90. The Kier molecular flexibility index (Phi) is 5.72. The van der Waals surface area contributed by atoms with Crippen LogP contribution in [0.25, 0.3) is 22.3 Å². The molecule has 3 aromatic carbocycles. The van der Waals surface area contributed by atoms with Crippen molar-refractivity contribution in [1.82, 2.24) is 0 Å². The number of carbonyl (C=O) groups excluding carboxylic acids is 1. The lowest BCUT2D eigenvalue weighted by molar-refractivity contribution is 0.0920. The molecule has 0 atom stereocenters. The van der Waals surface area contributed by atoms with E-state index in [0.29, 0.717) is 33.8 Å². The van der Waals surface area contributed by atoms with Crippen LogP contribution in [0.1, 0.15) is 41.3 Å². The Morgan fingerprint density at radius 2 is 1.68 bits per heavy atom. The average Bonchev–Trinajstić information content (AvgIpc) is 2.78. The van der Waals surface area contributed by atoms with Crippen LogP contribution in [0.3, 0.4) is 0 Å². The zero-order chi connectivity index (χ0) is 22.0. The second-order valence-corrected chi connectivity index (χ2v) is 7.94. The SMILES string of the molecule is Cc1ccc2c(=O)c(OCC(=O)c3ccc(C(C)C)cc3)c(-c3ccccc3)oc2c1. The van der Waals surface area contributed by atoms with Crippen LogP contribution in [-0.4, -0.2) is 12.4 Å². The summed E-state index contributed by atoms with van der Waals surface area (Å²) in [7, 11) is 0. The minimum atomic E-state index is -0.289. The van der Waals surface area contributed by atoms with Gasteiger partial charge in [-0.25, -0.2) is 0 Å². The molecule has 1 aromatic heterocycles. The largest absolute Gasteiger partial charge is 0.478 e. The zero-order valence-electron chi connectivity index (χ0n) is 17.8. The van der Waals surface area contributed by atoms with E-state index in [4.69, 9.17) is 9.15 Å². The maximum absolute atomic E-state index is 13.2. The summed E-state index contributed by atoms with van der Waals surface area (Å²) in [6.07, 6.45) is 0. The Morgan fingerprint density at radius 3 is 2.35 bits per heavy atom. The number of Topliss-reactive ketones (excluding diaryl/α,β-unsaturated/α-hetero) is 1. The summed E-state index contributed by atoms with van der Waals surface area (Å²) < 4.78 is 11.9. The minimum Gasteiger partial charge on any atom is -0.478 e. The van der Waals surface area contributed by atoms with Gasteiger partial charge in [0.2, 0.25) is 11.2 Å². The topological polar surface area (TPSA) is 56.5 Å². The molecule has 0 radical (unpaired) electrons. The average molecular weight is 412 g/mol. The van der Waals surface area contributed by atoms with E-state index in [1.54, 1.807) is 18.2 Å². The lowest BCUT2D eigenvalue weighted by atomic mass is 10.0. The number of carbonyl (C=O) groups is 1. The lowest BCUT2D eigenvalue weighted by Crippen LogP contribution is -2.17. The molecular formula is C27H24O4. The van der Waals surface area contributed by atoms with E-state index >= 15 is 0 Å². The number of benzene rings is 3. The number of hydrogen-bond acceptors (Lipinski definition) is 4. The summed E-state index contributed by atoms with van der Waals surface area (Å²) >= 11 is 0. The monoisotopic (exact) mass is 412 g/mol. The van der Waals surface area contributed by atoms with Gasteiger partial charge in [0.1, 0.15) is 5.58 Å². The summed E-state index contributed by atoms with van der Waals surface area (Å²) in [5.74, 6) is 0.568. The van der Waals surface area contributed by atoms with E-state index in [0.717, 1.165) is 11.1 Å². The molecule has 4 nitrogen and oxygen atoms in total. The fourth-order valence-corrected chi connectivity index (χ4v) is 3.47. The summed E-state index contributed by atoms with van der Waals surface area (Å²) in [4.78, 5) is 25.9. The smallest absolute Gasteiger partial charge is 0.235 e. The van der Waals surface area contributed by atoms with Gasteiger partial charge in [-0.15, -0.1) is 0 Å². The van der Waals surface area contributed by atoms with Crippen molar-refractivity contribution in [3.05, 3.63) is 99.7 Å². The van der Waals surface area contributed by atoms with Crippen LogP contribution >= 0.6 is 0 Å². The van der Waals surface area contributed by atoms with Gasteiger partial charge in [-0.3, -0.25) is 9.59 Å². The first-order valence-electron chi connectivity index (χ1n) is 10.3. The molecule has 0 fully saturated rings. The second-order valence-electron chi connectivity index (χ2n) is 7.94. The van der Waals surface area contributed by atoms with Gasteiger partial charge in [-0.1, -0.05) is 74.5 Å². The van der Waals surface area contributed by atoms with Crippen LogP contribution in [0.5, 0.6) is 5.75 Å². The maximum Gasteiger partial charge on any atom is 0.235 e. The third-order valence-corrected chi connectivity index (χ3v) is 5.29. The molecule has 1 heterocycles. The summed E-state index contributed by atoms with van der Waals surface area (Å²) in [5.41, 5.74) is 3.62. The third kappa shape index (κ3) is 4.29. The van der Waals surface area contributed by atoms with Gasteiger partial charge in [0.05, 0.1) is 5.39 Å². The Hall–Kier alpha value is -3.66. The van der Waals surface area contributed by atoms with Crippen molar-refractivity contribution in [2.45, 2.75) is 26.7 Å². The molecule has 0 saturated heterocycles. The van der Waals surface area contributed by atoms with Crippen molar-refractivity contribution in [2.24, 2.45) is 0 Å². The van der Waals surface area contributed by atoms with Crippen LogP contribution in [0, 0.1) is 6.92 Å². The van der Waals surface area contributed by atoms with Gasteiger partial charge in [-0.05, 0) is 36.1 Å². The Labute approximate surface area is 181 Å². The maximum atomic E-state index is 13.2. The van der Waals surface area contributed by atoms with Crippen molar-refractivity contribution in [1.29, 1.82) is 0 Å². The van der Waals surface area contributed by atoms with Gasteiger partial charge in [-0.2, -0.15) is 0 Å². The highest BCUT2D eigenvalue weighted by atomic mass is 16.5. The van der Waals surface area contributed by atoms with Gasteiger partial charge < -0.3 is 9.15 Å². The summed E-state index contributed by atoms with van der Waals surface area (Å²) in [5, 5.41) is 0.425. The quantitative estimate of drug-likeness (QED) is 0.356. The first kappa shape index (κ1) is 20.6. The van der Waals surface area contributed by atoms with Gasteiger partial charge >= 0.3 is 0 Å². The molecule has 0 aliphatic heterocycles. The molecule has 31 heavy (non-hydrogen) atoms. The predicted octanol–water partition coefficient (Wildman–Crippen LogP) is 6.15. The molecular weight excluding hydrogens is 388 g/mol. The molecule has 0 amide bonds.